The van der Waals surface area contributed by atoms with E-state index in [1.807, 2.05) is 0 Å². The third kappa shape index (κ3) is 3.36. The highest BCUT2D eigenvalue weighted by Gasteiger charge is 2.17. The van der Waals surface area contributed by atoms with E-state index in [1.54, 1.807) is 30.3 Å². The summed E-state index contributed by atoms with van der Waals surface area (Å²) in [5, 5.41) is 11.2. The Kier molecular flexibility index (Phi) is 4.47. The number of aliphatic hydroxyl groups is 1. The summed E-state index contributed by atoms with van der Waals surface area (Å²) < 4.78 is 0. The molecule has 4 N–H and O–H groups in total. The first-order valence-electron chi connectivity index (χ1n) is 4.91. The number of nitrogens with one attached hydrogen (secondary N) is 1. The average Bonchev–Trinajstić information content (AvgIpc) is 2.29. The van der Waals surface area contributed by atoms with Crippen molar-refractivity contribution in [3.05, 3.63) is 35.9 Å². The van der Waals surface area contributed by atoms with E-state index in [0.29, 0.717) is 5.56 Å². The van der Waals surface area contributed by atoms with Gasteiger partial charge in [0, 0.05) is 12.2 Å². The van der Waals surface area contributed by atoms with Gasteiger partial charge in [0.1, 0.15) is 6.04 Å². The molecule has 0 unspecified atom stereocenters. The van der Waals surface area contributed by atoms with E-state index in [9.17, 15) is 9.59 Å². The van der Waals surface area contributed by atoms with Gasteiger partial charge in [0.25, 0.3) is 5.91 Å². The number of primary amides is 1. The monoisotopic (exact) mass is 222 g/mol. The van der Waals surface area contributed by atoms with Crippen molar-refractivity contribution in [2.24, 2.45) is 5.73 Å². The van der Waals surface area contributed by atoms with Gasteiger partial charge in [-0.3, -0.25) is 9.59 Å². The van der Waals surface area contributed by atoms with Gasteiger partial charge >= 0.3 is 0 Å². The van der Waals surface area contributed by atoms with Gasteiger partial charge in [-0.05, 0) is 18.6 Å². The number of nitrogens with two attached hydrogens (primary N) is 1. The van der Waals surface area contributed by atoms with Crippen LogP contribution in [0.25, 0.3) is 0 Å². The number of hydrogen-bond acceptors (Lipinski definition) is 3. The van der Waals surface area contributed by atoms with Crippen LogP contribution in [-0.2, 0) is 4.79 Å². The van der Waals surface area contributed by atoms with E-state index >= 15 is 0 Å². The minimum Gasteiger partial charge on any atom is -0.396 e. The average molecular weight is 222 g/mol. The van der Waals surface area contributed by atoms with Crippen LogP contribution in [0.1, 0.15) is 16.8 Å². The van der Waals surface area contributed by atoms with Gasteiger partial charge in [0.2, 0.25) is 5.91 Å². The van der Waals surface area contributed by atoms with Crippen molar-refractivity contribution in [3.8, 4) is 0 Å². The van der Waals surface area contributed by atoms with Gasteiger partial charge in [-0.15, -0.1) is 0 Å². The fourth-order valence-electron chi connectivity index (χ4n) is 1.25. The predicted molar refractivity (Wildman–Crippen MR) is 58.6 cm³/mol. The first-order chi connectivity index (χ1) is 7.65. The van der Waals surface area contributed by atoms with Crippen LogP contribution in [0, 0.1) is 0 Å². The molecule has 5 nitrogen and oxygen atoms in total. The zero-order valence-corrected chi connectivity index (χ0v) is 8.72. The third-order valence-corrected chi connectivity index (χ3v) is 2.10. The Hall–Kier alpha value is -1.88. The first-order valence-corrected chi connectivity index (χ1v) is 4.91. The maximum absolute atomic E-state index is 11.6. The molecule has 0 radical (unpaired) electrons. The van der Waals surface area contributed by atoms with Crippen molar-refractivity contribution in [1.82, 2.24) is 5.32 Å². The van der Waals surface area contributed by atoms with E-state index < -0.39 is 11.9 Å². The summed E-state index contributed by atoms with van der Waals surface area (Å²) in [7, 11) is 0. The van der Waals surface area contributed by atoms with Crippen LogP contribution < -0.4 is 11.1 Å². The van der Waals surface area contributed by atoms with Crippen LogP contribution in [0.15, 0.2) is 30.3 Å². The van der Waals surface area contributed by atoms with Crippen molar-refractivity contribution in [2.75, 3.05) is 6.61 Å². The minimum atomic E-state index is -0.835. The Labute approximate surface area is 93.3 Å². The lowest BCUT2D eigenvalue weighted by Crippen LogP contribution is -2.44. The smallest absolute Gasteiger partial charge is 0.251 e. The van der Waals surface area contributed by atoms with Crippen LogP contribution in [0.2, 0.25) is 0 Å². The second-order valence-electron chi connectivity index (χ2n) is 3.31. The highest BCUT2D eigenvalue weighted by molar-refractivity contribution is 5.97. The van der Waals surface area contributed by atoms with Gasteiger partial charge < -0.3 is 16.2 Å². The molecule has 5 heteroatoms. The number of benzene rings is 1. The van der Waals surface area contributed by atoms with E-state index in [2.05, 4.69) is 5.32 Å². The topological polar surface area (TPSA) is 92.4 Å². The second kappa shape index (κ2) is 5.87. The Bertz CT molecular complexity index is 365. The molecule has 0 aromatic heterocycles. The Morgan fingerprint density at radius 3 is 2.44 bits per heavy atom. The molecule has 86 valence electrons. The number of carbonyl (C=O) groups is 2. The van der Waals surface area contributed by atoms with E-state index in [1.165, 1.54) is 0 Å². The van der Waals surface area contributed by atoms with E-state index in [0.717, 1.165) is 0 Å². The lowest BCUT2D eigenvalue weighted by atomic mass is 10.1. The zero-order chi connectivity index (χ0) is 12.0. The van der Waals surface area contributed by atoms with Crippen LogP contribution in [-0.4, -0.2) is 29.6 Å². The van der Waals surface area contributed by atoms with Gasteiger partial charge in [0.05, 0.1) is 0 Å². The summed E-state index contributed by atoms with van der Waals surface area (Å²) in [6.45, 7) is -0.206. The molecular formula is C11H14N2O3. The molecule has 0 saturated carbocycles. The molecule has 0 aliphatic carbocycles. The molecule has 0 spiro atoms. The Balaban J connectivity index is 2.65. The number of amides is 2. The standard InChI is InChI=1S/C11H14N2O3/c12-10(15)9(6-7-14)13-11(16)8-4-2-1-3-5-8/h1-5,9,14H,6-7H2,(H2,12,15)(H,13,16)/t9-/m0/s1. The van der Waals surface area contributed by atoms with Gasteiger partial charge in [-0.1, -0.05) is 18.2 Å². The van der Waals surface area contributed by atoms with E-state index in [4.69, 9.17) is 10.8 Å². The molecule has 0 saturated heterocycles. The highest BCUT2D eigenvalue weighted by atomic mass is 16.3. The third-order valence-electron chi connectivity index (χ3n) is 2.10. The summed E-state index contributed by atoms with van der Waals surface area (Å²) in [4.78, 5) is 22.6. The van der Waals surface area contributed by atoms with Gasteiger partial charge in [0.15, 0.2) is 0 Å². The first kappa shape index (κ1) is 12.2. The summed E-state index contributed by atoms with van der Waals surface area (Å²) in [5.74, 6) is -1.03. The van der Waals surface area contributed by atoms with Gasteiger partial charge in [-0.2, -0.15) is 0 Å². The van der Waals surface area contributed by atoms with Gasteiger partial charge in [-0.25, -0.2) is 0 Å². The number of aliphatic hydroxyl groups excluding tert-OH is 1. The predicted octanol–water partition coefficient (Wildman–Crippen LogP) is -0.347. The molecule has 0 heterocycles. The molecule has 0 bridgehead atoms. The normalized spacial score (nSPS) is 11.8. The lowest BCUT2D eigenvalue weighted by Gasteiger charge is -2.13. The molecule has 1 rings (SSSR count). The van der Waals surface area contributed by atoms with Crippen molar-refractivity contribution in [2.45, 2.75) is 12.5 Å². The maximum atomic E-state index is 11.6. The molecule has 0 aliphatic heterocycles. The quantitative estimate of drug-likeness (QED) is 0.636. The second-order valence-corrected chi connectivity index (χ2v) is 3.31. The van der Waals surface area contributed by atoms with Crippen molar-refractivity contribution in [1.29, 1.82) is 0 Å². The molecule has 1 atom stereocenters. The van der Waals surface area contributed by atoms with Crippen LogP contribution in [0.4, 0.5) is 0 Å². The van der Waals surface area contributed by atoms with Crippen LogP contribution in [0.5, 0.6) is 0 Å². The molecule has 1 aromatic carbocycles. The summed E-state index contributed by atoms with van der Waals surface area (Å²) in [5.41, 5.74) is 5.54. The minimum absolute atomic E-state index is 0.119. The van der Waals surface area contributed by atoms with E-state index in [-0.39, 0.29) is 18.9 Å². The fourth-order valence-corrected chi connectivity index (χ4v) is 1.25. The maximum Gasteiger partial charge on any atom is 0.251 e. The molecule has 0 aliphatic rings. The molecule has 0 fully saturated rings. The zero-order valence-electron chi connectivity index (χ0n) is 8.72. The number of carbonyl (C=O) groups excluding carboxylic acids is 2. The SMILES string of the molecule is NC(=O)[C@H](CCO)NC(=O)c1ccccc1. The van der Waals surface area contributed by atoms with Crippen LogP contribution in [0.3, 0.4) is 0 Å². The number of rotatable bonds is 5. The summed E-state index contributed by atoms with van der Waals surface area (Å²) in [6.07, 6.45) is 0.119. The molecular weight excluding hydrogens is 208 g/mol. The van der Waals surface area contributed by atoms with Crippen LogP contribution >= 0.6 is 0 Å². The molecule has 16 heavy (non-hydrogen) atoms. The Morgan fingerprint density at radius 2 is 1.94 bits per heavy atom. The number of hydrogen-bond donors (Lipinski definition) is 3. The summed E-state index contributed by atoms with van der Waals surface area (Å²) >= 11 is 0. The fraction of sp³-hybridized carbons (Fsp3) is 0.273. The summed E-state index contributed by atoms with van der Waals surface area (Å²) in [6, 6.07) is 7.66. The Morgan fingerprint density at radius 1 is 1.31 bits per heavy atom. The molecule has 1 aromatic rings. The largest absolute Gasteiger partial charge is 0.396 e. The molecule has 2 amide bonds. The van der Waals surface area contributed by atoms with Crippen molar-refractivity contribution >= 4 is 11.8 Å². The lowest BCUT2D eigenvalue weighted by molar-refractivity contribution is -0.120. The van der Waals surface area contributed by atoms with Crippen molar-refractivity contribution in [3.63, 3.8) is 0 Å². The highest BCUT2D eigenvalue weighted by Crippen LogP contribution is 2.00. The van der Waals surface area contributed by atoms with Crippen molar-refractivity contribution < 1.29 is 14.7 Å².